The molecule has 2 atom stereocenters. The van der Waals surface area contributed by atoms with Crippen molar-refractivity contribution in [3.8, 4) is 11.5 Å². The average molecular weight is 592 g/mol. The number of hydrogen-bond donors (Lipinski definition) is 3. The molecule has 12 heteroatoms. The Morgan fingerprint density at radius 3 is 2.74 bits per heavy atom. The maximum Gasteiger partial charge on any atom is 0.292 e. The molecule has 220 valence electrons. The van der Waals surface area contributed by atoms with E-state index in [4.69, 9.17) is 41.4 Å². The van der Waals surface area contributed by atoms with Crippen molar-refractivity contribution in [3.05, 3.63) is 76.6 Å². The number of nitrogens with zero attached hydrogens (tertiary/aromatic N) is 5. The summed E-state index contributed by atoms with van der Waals surface area (Å²) in [5.74, 6) is 1.58. The van der Waals surface area contributed by atoms with Crippen LogP contribution in [-0.2, 0) is 23.6 Å². The highest BCUT2D eigenvalue weighted by atomic mass is 35.5. The molecule has 0 saturated carbocycles. The molecule has 2 aliphatic heterocycles. The van der Waals surface area contributed by atoms with E-state index < -0.39 is 5.79 Å². The molecule has 0 radical (unpaired) electrons. The third-order valence-corrected chi connectivity index (χ3v) is 8.34. The fourth-order valence-electron chi connectivity index (χ4n) is 5.74. The van der Waals surface area contributed by atoms with Gasteiger partial charge in [-0.15, -0.1) is 0 Å². The van der Waals surface area contributed by atoms with E-state index in [0.717, 1.165) is 59.9 Å². The monoisotopic (exact) mass is 591 g/mol. The number of hydrogen-bond acceptors (Lipinski definition) is 9. The smallest absolute Gasteiger partial charge is 0.292 e. The molecule has 0 amide bonds. The van der Waals surface area contributed by atoms with Gasteiger partial charge in [0.25, 0.3) is 5.79 Å². The number of fused-ring (bicyclic) bond motifs is 2. The van der Waals surface area contributed by atoms with Gasteiger partial charge in [-0.05, 0) is 63.0 Å². The van der Waals surface area contributed by atoms with Crippen LogP contribution in [0.4, 0.5) is 0 Å². The fourth-order valence-corrected chi connectivity index (χ4v) is 5.86. The van der Waals surface area contributed by atoms with Crippen molar-refractivity contribution in [1.29, 1.82) is 5.41 Å². The minimum Gasteiger partial charge on any atom is -0.443 e. The lowest BCUT2D eigenvalue weighted by molar-refractivity contribution is -0.0722. The van der Waals surface area contributed by atoms with Crippen molar-refractivity contribution >= 4 is 28.5 Å². The van der Waals surface area contributed by atoms with Gasteiger partial charge in [0, 0.05) is 25.8 Å². The SMILES string of the molecule is CO[C@H](C)Cn1c(CN2CCC(c3cccc4c3O[C@](C)(c3ccc(Cl)cn3)O4)CC2)nc2cc(C(=N)NO)ncc21. The number of pyridine rings is 2. The number of aromatic nitrogens is 4. The van der Waals surface area contributed by atoms with Gasteiger partial charge in [-0.2, -0.15) is 0 Å². The van der Waals surface area contributed by atoms with E-state index in [1.54, 1.807) is 31.6 Å². The van der Waals surface area contributed by atoms with E-state index in [2.05, 4.69) is 25.5 Å². The fraction of sp³-hybridized carbons (Fsp3) is 0.400. The molecule has 4 aromatic rings. The Hall–Kier alpha value is -3.77. The number of amidine groups is 1. The van der Waals surface area contributed by atoms with Gasteiger partial charge in [0.2, 0.25) is 0 Å². The number of imidazole rings is 1. The second-order valence-electron chi connectivity index (χ2n) is 11.0. The zero-order valence-electron chi connectivity index (χ0n) is 23.8. The Kier molecular flexibility index (Phi) is 7.75. The molecular weight excluding hydrogens is 558 g/mol. The number of nitrogens with one attached hydrogen (secondary N) is 2. The molecule has 42 heavy (non-hydrogen) atoms. The van der Waals surface area contributed by atoms with Gasteiger partial charge in [0.15, 0.2) is 17.3 Å². The highest BCUT2D eigenvalue weighted by Crippen LogP contribution is 2.49. The van der Waals surface area contributed by atoms with Crippen LogP contribution in [0.5, 0.6) is 11.5 Å². The first-order valence-corrected chi connectivity index (χ1v) is 14.4. The molecule has 6 rings (SSSR count). The molecule has 5 heterocycles. The summed E-state index contributed by atoms with van der Waals surface area (Å²) in [4.78, 5) is 16.1. The van der Waals surface area contributed by atoms with Crippen LogP contribution < -0.4 is 15.0 Å². The summed E-state index contributed by atoms with van der Waals surface area (Å²) in [5, 5.41) is 17.6. The lowest BCUT2D eigenvalue weighted by atomic mass is 9.88. The molecule has 2 aliphatic rings. The summed E-state index contributed by atoms with van der Waals surface area (Å²) >= 11 is 6.04. The van der Waals surface area contributed by atoms with Crippen LogP contribution in [-0.4, -0.2) is 61.8 Å². The van der Waals surface area contributed by atoms with E-state index in [-0.39, 0.29) is 11.9 Å². The van der Waals surface area contributed by atoms with Gasteiger partial charge in [-0.3, -0.25) is 31.0 Å². The van der Waals surface area contributed by atoms with Gasteiger partial charge >= 0.3 is 0 Å². The average Bonchev–Trinajstić information content (AvgIpc) is 3.53. The Morgan fingerprint density at radius 1 is 1.21 bits per heavy atom. The second kappa shape index (κ2) is 11.5. The van der Waals surface area contributed by atoms with Crippen LogP contribution in [0.25, 0.3) is 11.0 Å². The molecule has 0 unspecified atom stereocenters. The number of likely N-dealkylation sites (tertiary alicyclic amines) is 1. The summed E-state index contributed by atoms with van der Waals surface area (Å²) in [5.41, 5.74) is 5.60. The molecule has 0 bridgehead atoms. The topological polar surface area (TPSA) is 131 Å². The van der Waals surface area contributed by atoms with Crippen LogP contribution in [0.2, 0.25) is 5.02 Å². The number of halogens is 1. The normalized spacial score (nSPS) is 19.7. The molecule has 3 N–H and O–H groups in total. The zero-order chi connectivity index (χ0) is 29.4. The predicted octanol–water partition coefficient (Wildman–Crippen LogP) is 4.84. The number of benzene rings is 1. The van der Waals surface area contributed by atoms with E-state index in [1.807, 2.05) is 37.5 Å². The molecule has 1 saturated heterocycles. The van der Waals surface area contributed by atoms with Crippen molar-refractivity contribution in [2.24, 2.45) is 0 Å². The summed E-state index contributed by atoms with van der Waals surface area (Å²) < 4.78 is 20.4. The van der Waals surface area contributed by atoms with Crippen LogP contribution in [0.15, 0.2) is 48.8 Å². The molecule has 3 aromatic heterocycles. The number of hydroxylamine groups is 1. The van der Waals surface area contributed by atoms with Crippen LogP contribution in [0.3, 0.4) is 0 Å². The highest BCUT2D eigenvalue weighted by molar-refractivity contribution is 6.30. The standard InChI is InChI=1S/C30H34ClN7O4/c1-18(40-3)16-38-24-15-33-23(29(32)36-39)13-22(24)35-27(38)17-37-11-9-19(10-12-37)21-5-4-6-25-28(21)42-30(2,41-25)26-8-7-20(31)14-34-26/h4-8,13-15,18-19,39H,9-12,16-17H2,1-3H3,(H2,32,36)/t18-,30-/m1/s1. The first-order valence-electron chi connectivity index (χ1n) is 14.0. The van der Waals surface area contributed by atoms with Crippen molar-refractivity contribution in [1.82, 2.24) is 29.9 Å². The molecular formula is C30H34ClN7O4. The maximum atomic E-state index is 9.14. The van der Waals surface area contributed by atoms with E-state index in [1.165, 1.54) is 0 Å². The number of piperidine rings is 1. The van der Waals surface area contributed by atoms with Gasteiger partial charge in [-0.1, -0.05) is 23.7 Å². The second-order valence-corrected chi connectivity index (χ2v) is 11.4. The third-order valence-electron chi connectivity index (χ3n) is 8.12. The lowest BCUT2D eigenvalue weighted by Gasteiger charge is -2.32. The van der Waals surface area contributed by atoms with Crippen molar-refractivity contribution < 1.29 is 19.4 Å². The minimum absolute atomic E-state index is 0.0138. The number of para-hydroxylation sites is 1. The highest BCUT2D eigenvalue weighted by Gasteiger charge is 2.42. The quantitative estimate of drug-likeness (QED) is 0.150. The van der Waals surface area contributed by atoms with Gasteiger partial charge in [0.05, 0.1) is 41.4 Å². The largest absolute Gasteiger partial charge is 0.443 e. The summed E-state index contributed by atoms with van der Waals surface area (Å²) in [6.07, 6.45) is 5.23. The van der Waals surface area contributed by atoms with E-state index >= 15 is 0 Å². The molecule has 11 nitrogen and oxygen atoms in total. The minimum atomic E-state index is -1.01. The van der Waals surface area contributed by atoms with Crippen LogP contribution in [0.1, 0.15) is 55.4 Å². The van der Waals surface area contributed by atoms with Crippen molar-refractivity contribution in [3.63, 3.8) is 0 Å². The number of ether oxygens (including phenoxy) is 3. The van der Waals surface area contributed by atoms with Crippen molar-refractivity contribution in [2.75, 3.05) is 20.2 Å². The van der Waals surface area contributed by atoms with Gasteiger partial charge in [-0.25, -0.2) is 4.98 Å². The molecule has 0 spiro atoms. The van der Waals surface area contributed by atoms with E-state index in [9.17, 15) is 0 Å². The Labute approximate surface area is 248 Å². The predicted molar refractivity (Wildman–Crippen MR) is 157 cm³/mol. The summed E-state index contributed by atoms with van der Waals surface area (Å²) in [6, 6.07) is 11.4. The van der Waals surface area contributed by atoms with Crippen LogP contribution in [0, 0.1) is 5.41 Å². The molecule has 0 aliphatic carbocycles. The van der Waals surface area contributed by atoms with Gasteiger partial charge in [0.1, 0.15) is 17.2 Å². The Bertz CT molecular complexity index is 1600. The van der Waals surface area contributed by atoms with Crippen LogP contribution >= 0.6 is 11.6 Å². The Morgan fingerprint density at radius 2 is 2.02 bits per heavy atom. The molecule has 1 fully saturated rings. The first-order chi connectivity index (χ1) is 20.3. The third kappa shape index (κ3) is 5.40. The first kappa shape index (κ1) is 28.4. The van der Waals surface area contributed by atoms with E-state index in [0.29, 0.717) is 35.4 Å². The maximum absolute atomic E-state index is 9.14. The summed E-state index contributed by atoms with van der Waals surface area (Å²) in [6.45, 7) is 7.01. The van der Waals surface area contributed by atoms with Crippen molar-refractivity contribution in [2.45, 2.75) is 57.6 Å². The molecule has 1 aromatic carbocycles. The number of rotatable bonds is 8. The Balaban J connectivity index is 1.18. The number of methoxy groups -OCH3 is 1. The lowest BCUT2D eigenvalue weighted by Crippen LogP contribution is -2.34. The zero-order valence-corrected chi connectivity index (χ0v) is 24.6. The summed E-state index contributed by atoms with van der Waals surface area (Å²) in [7, 11) is 1.70. The van der Waals surface area contributed by atoms with Gasteiger partial charge < -0.3 is 18.8 Å².